The van der Waals surface area contributed by atoms with Crippen molar-refractivity contribution in [2.24, 2.45) is 14.1 Å². The van der Waals surface area contributed by atoms with Crippen LogP contribution in [0.25, 0.3) is 0 Å². The number of nitrogens with one attached hydrogen (secondary N) is 1. The number of anilines is 3. The van der Waals surface area contributed by atoms with Gasteiger partial charge in [-0.25, -0.2) is 14.8 Å². The molecule has 0 bridgehead atoms. The van der Waals surface area contributed by atoms with Gasteiger partial charge in [0.2, 0.25) is 0 Å². The van der Waals surface area contributed by atoms with Gasteiger partial charge in [0.25, 0.3) is 5.56 Å². The molecular weight excluding hydrogens is 334 g/mol. The second-order valence-corrected chi connectivity index (χ2v) is 6.80. The Bertz CT molecular complexity index is 895. The van der Waals surface area contributed by atoms with Crippen molar-refractivity contribution in [3.8, 4) is 0 Å². The summed E-state index contributed by atoms with van der Waals surface area (Å²) in [7, 11) is 7.08. The van der Waals surface area contributed by atoms with Crippen LogP contribution in [0.4, 0.5) is 17.5 Å². The number of rotatable bonds is 4. The third kappa shape index (κ3) is 3.56. The predicted octanol–water partition coefficient (Wildman–Crippen LogP) is 0.0209. The maximum Gasteiger partial charge on any atom is 0.332 e. The predicted molar refractivity (Wildman–Crippen MR) is 102 cm³/mol. The van der Waals surface area contributed by atoms with Crippen molar-refractivity contribution in [3.05, 3.63) is 39.3 Å². The fourth-order valence-corrected chi connectivity index (χ4v) is 3.16. The Morgan fingerprint density at radius 2 is 1.77 bits per heavy atom. The van der Waals surface area contributed by atoms with Gasteiger partial charge >= 0.3 is 5.69 Å². The van der Waals surface area contributed by atoms with Crippen LogP contribution in [0, 0.1) is 0 Å². The first kappa shape index (κ1) is 18.0. The van der Waals surface area contributed by atoms with E-state index in [-0.39, 0.29) is 11.2 Å². The summed E-state index contributed by atoms with van der Waals surface area (Å²) >= 11 is 0. The van der Waals surface area contributed by atoms with Crippen molar-refractivity contribution in [1.82, 2.24) is 19.1 Å². The van der Waals surface area contributed by atoms with Gasteiger partial charge in [0.05, 0.1) is 0 Å². The van der Waals surface area contributed by atoms with Gasteiger partial charge in [-0.15, -0.1) is 0 Å². The van der Waals surface area contributed by atoms with Crippen LogP contribution < -0.4 is 26.4 Å². The number of nitrogens with zero attached hydrogens (tertiary/aromatic N) is 6. The summed E-state index contributed by atoms with van der Waals surface area (Å²) in [5.41, 5.74) is -0.578. The van der Waals surface area contributed by atoms with E-state index in [9.17, 15) is 9.59 Å². The Morgan fingerprint density at radius 3 is 2.42 bits per heavy atom. The van der Waals surface area contributed by atoms with Gasteiger partial charge < -0.3 is 15.1 Å². The molecule has 0 saturated carbocycles. The highest BCUT2D eigenvalue weighted by Crippen LogP contribution is 2.20. The first-order valence-electron chi connectivity index (χ1n) is 8.64. The lowest BCUT2D eigenvalue weighted by molar-refractivity contribution is 0.512. The second-order valence-electron chi connectivity index (χ2n) is 6.80. The molecule has 26 heavy (non-hydrogen) atoms. The van der Waals surface area contributed by atoms with Crippen molar-refractivity contribution in [3.63, 3.8) is 0 Å². The van der Waals surface area contributed by atoms with Crippen molar-refractivity contribution >= 4 is 17.5 Å². The molecule has 9 nitrogen and oxygen atoms in total. The lowest BCUT2D eigenvalue weighted by atomic mass is 10.1. The van der Waals surface area contributed by atoms with Gasteiger partial charge in [-0.3, -0.25) is 13.9 Å². The lowest BCUT2D eigenvalue weighted by Crippen LogP contribution is -2.44. The zero-order valence-electron chi connectivity index (χ0n) is 15.6. The smallest absolute Gasteiger partial charge is 0.332 e. The van der Waals surface area contributed by atoms with E-state index in [1.807, 2.05) is 25.1 Å². The number of aromatic nitrogens is 4. The van der Waals surface area contributed by atoms with Crippen LogP contribution in [0.2, 0.25) is 0 Å². The standard InChI is InChI=1S/C17H25N7O2/c1-21(2)14-9-13(18-11-19-14)20-12-5-7-24(8-6-12)15-10-16(25)23(4)17(26)22(15)3/h9-12H,5-8H2,1-4H3,(H,18,19,20). The fourth-order valence-electron chi connectivity index (χ4n) is 3.16. The summed E-state index contributed by atoms with van der Waals surface area (Å²) in [4.78, 5) is 36.6. The molecule has 9 heteroatoms. The highest BCUT2D eigenvalue weighted by Gasteiger charge is 2.22. The van der Waals surface area contributed by atoms with Gasteiger partial charge in [-0.05, 0) is 12.8 Å². The quantitative estimate of drug-likeness (QED) is 0.823. The molecule has 0 radical (unpaired) electrons. The molecule has 1 aliphatic rings. The molecule has 2 aromatic rings. The van der Waals surface area contributed by atoms with E-state index in [4.69, 9.17) is 0 Å². The third-order valence-electron chi connectivity index (χ3n) is 4.78. The lowest BCUT2D eigenvalue weighted by Gasteiger charge is -2.34. The Kier molecular flexibility index (Phi) is 4.97. The van der Waals surface area contributed by atoms with Crippen LogP contribution in [-0.2, 0) is 14.1 Å². The van der Waals surface area contributed by atoms with Crippen molar-refractivity contribution in [2.45, 2.75) is 18.9 Å². The highest BCUT2D eigenvalue weighted by atomic mass is 16.2. The Balaban J connectivity index is 1.68. The first-order chi connectivity index (χ1) is 12.4. The van der Waals surface area contributed by atoms with E-state index in [0.29, 0.717) is 11.9 Å². The van der Waals surface area contributed by atoms with Gasteiger partial charge in [0, 0.05) is 59.5 Å². The maximum atomic E-state index is 12.1. The summed E-state index contributed by atoms with van der Waals surface area (Å²) in [6, 6.07) is 3.75. The monoisotopic (exact) mass is 359 g/mol. The summed E-state index contributed by atoms with van der Waals surface area (Å²) in [5, 5.41) is 3.46. The maximum absolute atomic E-state index is 12.1. The topological polar surface area (TPSA) is 88.3 Å². The molecule has 1 N–H and O–H groups in total. The normalized spacial score (nSPS) is 15.2. The highest BCUT2D eigenvalue weighted by molar-refractivity contribution is 5.48. The largest absolute Gasteiger partial charge is 0.367 e. The van der Waals surface area contributed by atoms with Gasteiger partial charge in [-0.2, -0.15) is 0 Å². The molecular formula is C17H25N7O2. The van der Waals surface area contributed by atoms with E-state index in [1.165, 1.54) is 17.7 Å². The first-order valence-corrected chi connectivity index (χ1v) is 8.64. The number of hydrogen-bond acceptors (Lipinski definition) is 7. The summed E-state index contributed by atoms with van der Waals surface area (Å²) < 4.78 is 2.65. The molecule has 0 amide bonds. The molecule has 1 aliphatic heterocycles. The van der Waals surface area contributed by atoms with Crippen LogP contribution in [0.5, 0.6) is 0 Å². The molecule has 140 valence electrons. The summed E-state index contributed by atoms with van der Waals surface area (Å²) in [6.45, 7) is 1.54. The molecule has 3 heterocycles. The van der Waals surface area contributed by atoms with Crippen molar-refractivity contribution < 1.29 is 0 Å². The second kappa shape index (κ2) is 7.19. The molecule has 0 atom stereocenters. The molecule has 3 rings (SSSR count). The minimum Gasteiger partial charge on any atom is -0.367 e. The average molecular weight is 359 g/mol. The van der Waals surface area contributed by atoms with E-state index >= 15 is 0 Å². The Morgan fingerprint density at radius 1 is 1.08 bits per heavy atom. The van der Waals surface area contributed by atoms with Crippen molar-refractivity contribution in [1.29, 1.82) is 0 Å². The summed E-state index contributed by atoms with van der Waals surface area (Å²) in [5.74, 6) is 2.34. The third-order valence-corrected chi connectivity index (χ3v) is 4.78. The minimum absolute atomic E-state index is 0.277. The van der Waals surface area contributed by atoms with E-state index in [0.717, 1.165) is 42.1 Å². The zero-order valence-corrected chi connectivity index (χ0v) is 15.6. The van der Waals surface area contributed by atoms with Crippen LogP contribution in [0.15, 0.2) is 28.0 Å². The average Bonchev–Trinajstić information content (AvgIpc) is 2.64. The molecule has 0 aliphatic carbocycles. The molecule has 1 saturated heterocycles. The Labute approximate surface area is 151 Å². The van der Waals surface area contributed by atoms with E-state index in [1.54, 1.807) is 13.4 Å². The SMILES string of the molecule is CN(C)c1cc(NC2CCN(c3cc(=O)n(C)c(=O)n3C)CC2)ncn1. The van der Waals surface area contributed by atoms with Crippen LogP contribution in [0.3, 0.4) is 0 Å². The number of hydrogen-bond donors (Lipinski definition) is 1. The molecule has 1 fully saturated rings. The molecule has 0 spiro atoms. The van der Waals surface area contributed by atoms with Gasteiger partial charge in [0.15, 0.2) is 0 Å². The van der Waals surface area contributed by atoms with Crippen LogP contribution in [0.1, 0.15) is 12.8 Å². The van der Waals surface area contributed by atoms with Gasteiger partial charge in [0.1, 0.15) is 23.8 Å². The zero-order chi connectivity index (χ0) is 18.8. The van der Waals surface area contributed by atoms with Crippen LogP contribution in [-0.4, -0.2) is 52.3 Å². The van der Waals surface area contributed by atoms with Crippen molar-refractivity contribution in [2.75, 3.05) is 42.3 Å². The fraction of sp³-hybridized carbons (Fsp3) is 0.529. The summed E-state index contributed by atoms with van der Waals surface area (Å²) in [6.07, 6.45) is 3.34. The van der Waals surface area contributed by atoms with Gasteiger partial charge in [-0.1, -0.05) is 0 Å². The molecule has 0 aromatic carbocycles. The van der Waals surface area contributed by atoms with E-state index in [2.05, 4.69) is 20.2 Å². The molecule has 0 unspecified atom stereocenters. The Hall–Kier alpha value is -2.84. The van der Waals surface area contributed by atoms with Crippen LogP contribution >= 0.6 is 0 Å². The number of piperidine rings is 1. The van der Waals surface area contributed by atoms with E-state index < -0.39 is 0 Å². The minimum atomic E-state index is -0.301. The molecule has 2 aromatic heterocycles.